The third-order valence-electron chi connectivity index (χ3n) is 9.92. The van der Waals surface area contributed by atoms with Crippen LogP contribution in [0.4, 0.5) is 0 Å². The average molecular weight is 557 g/mol. The summed E-state index contributed by atoms with van der Waals surface area (Å²) in [6.45, 7) is 23.9. The Labute approximate surface area is 237 Å². The van der Waals surface area contributed by atoms with Crippen molar-refractivity contribution in [2.45, 2.75) is 90.0 Å². The Morgan fingerprint density at radius 1 is 0.605 bits per heavy atom. The molecule has 2 heteroatoms. The van der Waals surface area contributed by atoms with Gasteiger partial charge in [0.15, 0.2) is 0 Å². The molecule has 0 saturated carbocycles. The predicted octanol–water partition coefficient (Wildman–Crippen LogP) is 8.69. The SMILES string of the molecule is CC1=C(C)C(C)([Si](c2cc(C)cc(C)c2)(c2cccc(C)c2C)c2cccc(C)c2C)[C]([Ti]([CH3])([CH3])[CH3])=C1C. The minimum absolute atomic E-state index is 0.0449. The molecule has 0 fully saturated rings. The van der Waals surface area contributed by atoms with Gasteiger partial charge in [-0.2, -0.15) is 0 Å². The zero-order chi connectivity index (χ0) is 28.4. The second-order valence-corrected chi connectivity index (χ2v) is 25.2. The number of hydrogen-bond acceptors (Lipinski definition) is 0. The van der Waals surface area contributed by atoms with E-state index in [1.807, 2.05) is 0 Å². The Morgan fingerprint density at radius 2 is 1.05 bits per heavy atom. The van der Waals surface area contributed by atoms with Crippen molar-refractivity contribution in [1.29, 1.82) is 0 Å². The maximum atomic E-state index is 2.67. The van der Waals surface area contributed by atoms with Crippen LogP contribution >= 0.6 is 0 Å². The Hall–Kier alpha value is -1.93. The third kappa shape index (κ3) is 4.12. The molecule has 1 unspecified atom stereocenters. The van der Waals surface area contributed by atoms with Crippen molar-refractivity contribution in [1.82, 2.24) is 0 Å². The van der Waals surface area contributed by atoms with E-state index in [2.05, 4.69) is 140 Å². The molecule has 0 saturated heterocycles. The van der Waals surface area contributed by atoms with Crippen LogP contribution in [0, 0.1) is 41.5 Å². The van der Waals surface area contributed by atoms with Crippen molar-refractivity contribution in [3.05, 3.63) is 109 Å². The van der Waals surface area contributed by atoms with Crippen molar-refractivity contribution in [3.63, 3.8) is 0 Å². The summed E-state index contributed by atoms with van der Waals surface area (Å²) in [5.74, 6) is 0. The zero-order valence-corrected chi connectivity index (χ0v) is 28.8. The fraction of sp³-hybridized carbons (Fsp3) is 0.389. The molecule has 0 bridgehead atoms. The number of rotatable bonds is 5. The van der Waals surface area contributed by atoms with Crippen LogP contribution in [0.15, 0.2) is 75.2 Å². The summed E-state index contributed by atoms with van der Waals surface area (Å²) < 4.78 is 1.81. The van der Waals surface area contributed by atoms with Gasteiger partial charge in [-0.1, -0.05) is 0 Å². The van der Waals surface area contributed by atoms with E-state index in [-0.39, 0.29) is 5.04 Å². The predicted molar refractivity (Wildman–Crippen MR) is 169 cm³/mol. The van der Waals surface area contributed by atoms with Gasteiger partial charge >= 0.3 is 239 Å². The van der Waals surface area contributed by atoms with Crippen LogP contribution in [-0.2, 0) is 16.6 Å². The zero-order valence-electron chi connectivity index (χ0n) is 26.2. The molecular formula is C36H48SiTi. The molecule has 0 N–H and O–H groups in total. The first kappa shape index (κ1) is 29.1. The topological polar surface area (TPSA) is 0 Å². The van der Waals surface area contributed by atoms with Gasteiger partial charge in [0, 0.05) is 0 Å². The minimum atomic E-state index is -2.72. The van der Waals surface area contributed by atoms with Gasteiger partial charge in [0.25, 0.3) is 0 Å². The van der Waals surface area contributed by atoms with Crippen molar-refractivity contribution in [2.24, 2.45) is 0 Å². The van der Waals surface area contributed by atoms with E-state index in [4.69, 9.17) is 0 Å². The van der Waals surface area contributed by atoms with Crippen LogP contribution in [0.5, 0.6) is 0 Å². The van der Waals surface area contributed by atoms with E-state index in [0.29, 0.717) is 0 Å². The molecule has 0 heterocycles. The monoisotopic (exact) mass is 556 g/mol. The normalized spacial score (nSPS) is 18.6. The summed E-state index contributed by atoms with van der Waals surface area (Å²) in [6.07, 6.45) is 0. The number of hydrogen-bond donors (Lipinski definition) is 0. The molecule has 0 spiro atoms. The Kier molecular flexibility index (Phi) is 7.59. The summed E-state index contributed by atoms with van der Waals surface area (Å²) in [5, 5.41) is 12.6. The number of benzene rings is 3. The van der Waals surface area contributed by atoms with Crippen LogP contribution in [0.3, 0.4) is 0 Å². The van der Waals surface area contributed by atoms with Crippen molar-refractivity contribution in [2.75, 3.05) is 0 Å². The molecule has 0 nitrogen and oxygen atoms in total. The van der Waals surface area contributed by atoms with Crippen LogP contribution in [0.2, 0.25) is 20.7 Å². The van der Waals surface area contributed by atoms with Gasteiger partial charge in [-0.3, -0.25) is 0 Å². The van der Waals surface area contributed by atoms with Gasteiger partial charge in [-0.05, 0) is 0 Å². The molecule has 1 aliphatic rings. The molecule has 3 aromatic rings. The molecule has 38 heavy (non-hydrogen) atoms. The standard InChI is InChI=1S/C33H39Si.3CH3.Ti/c1-21-17-22(2)19-30(18-21)34(31-15-11-13-23(3)27(31)7,32-16-12-14-24(4)28(32)8)33(10)20-25(5)26(6)29(33)9;;;;/h11-19H,1-10H3;3*1H3;. The van der Waals surface area contributed by atoms with E-state index in [0.717, 1.165) is 0 Å². The van der Waals surface area contributed by atoms with Crippen molar-refractivity contribution in [3.8, 4) is 0 Å². The molecule has 1 atom stereocenters. The van der Waals surface area contributed by atoms with E-state index < -0.39 is 24.7 Å². The Morgan fingerprint density at radius 3 is 1.47 bits per heavy atom. The maximum absolute atomic E-state index is 2.72. The molecule has 0 aliphatic heterocycles. The van der Waals surface area contributed by atoms with Crippen LogP contribution in [0.25, 0.3) is 0 Å². The van der Waals surface area contributed by atoms with Crippen LogP contribution in [0.1, 0.15) is 61.1 Å². The molecular weight excluding hydrogens is 508 g/mol. The van der Waals surface area contributed by atoms with E-state index in [1.165, 1.54) is 39.0 Å². The number of allylic oxidation sites excluding steroid dienone is 4. The van der Waals surface area contributed by atoms with E-state index >= 15 is 0 Å². The third-order valence-corrected chi connectivity index (χ3v) is 20.0. The first-order chi connectivity index (χ1) is 17.6. The Bertz CT molecular complexity index is 1420. The van der Waals surface area contributed by atoms with E-state index in [9.17, 15) is 0 Å². The fourth-order valence-electron chi connectivity index (χ4n) is 7.98. The quantitative estimate of drug-likeness (QED) is 0.218. The number of aryl methyl sites for hydroxylation is 4. The van der Waals surface area contributed by atoms with Gasteiger partial charge in [0.05, 0.1) is 0 Å². The fourth-order valence-corrected chi connectivity index (χ4v) is 22.1. The van der Waals surface area contributed by atoms with Gasteiger partial charge in [-0.15, -0.1) is 0 Å². The van der Waals surface area contributed by atoms with Gasteiger partial charge in [-0.25, -0.2) is 0 Å². The molecule has 0 amide bonds. The first-order valence-corrected chi connectivity index (χ1v) is 21.7. The summed E-state index contributed by atoms with van der Waals surface area (Å²) in [5.41, 5.74) is 13.2. The molecule has 4 rings (SSSR count). The second kappa shape index (κ2) is 9.92. The Balaban J connectivity index is 2.43. The average Bonchev–Trinajstić information content (AvgIpc) is 2.99. The van der Waals surface area contributed by atoms with Crippen molar-refractivity contribution < 1.29 is 16.6 Å². The van der Waals surface area contributed by atoms with Crippen LogP contribution in [-0.4, -0.2) is 8.07 Å². The summed E-state index contributed by atoms with van der Waals surface area (Å²) >= 11 is -2.35. The van der Waals surface area contributed by atoms with Gasteiger partial charge in [0.2, 0.25) is 0 Å². The van der Waals surface area contributed by atoms with Crippen molar-refractivity contribution >= 4 is 23.6 Å². The summed E-state index contributed by atoms with van der Waals surface area (Å²) in [4.78, 5) is 0. The summed E-state index contributed by atoms with van der Waals surface area (Å²) in [6, 6.07) is 21.7. The van der Waals surface area contributed by atoms with Gasteiger partial charge < -0.3 is 0 Å². The molecule has 3 aromatic carbocycles. The molecule has 200 valence electrons. The molecule has 0 aromatic heterocycles. The second-order valence-electron chi connectivity index (χ2n) is 13.2. The molecule has 1 aliphatic carbocycles. The van der Waals surface area contributed by atoms with E-state index in [1.54, 1.807) is 30.6 Å². The first-order valence-electron chi connectivity index (χ1n) is 14.2. The summed E-state index contributed by atoms with van der Waals surface area (Å²) in [7, 11) is -2.72. The van der Waals surface area contributed by atoms with Crippen LogP contribution < -0.4 is 15.6 Å². The molecule has 0 radical (unpaired) electrons. The van der Waals surface area contributed by atoms with Gasteiger partial charge in [0.1, 0.15) is 0 Å².